The predicted molar refractivity (Wildman–Crippen MR) is 78.6 cm³/mol. The zero-order valence-electron chi connectivity index (χ0n) is 12.4. The van der Waals surface area contributed by atoms with E-state index in [1.165, 1.54) is 11.3 Å². The number of aromatic nitrogens is 1. The van der Waals surface area contributed by atoms with Crippen molar-refractivity contribution >= 4 is 22.4 Å². The minimum atomic E-state index is -0.388. The van der Waals surface area contributed by atoms with E-state index < -0.39 is 0 Å². The van der Waals surface area contributed by atoms with Crippen LogP contribution in [0.15, 0.2) is 5.38 Å². The van der Waals surface area contributed by atoms with E-state index >= 15 is 0 Å². The highest BCUT2D eigenvalue weighted by atomic mass is 32.1. The summed E-state index contributed by atoms with van der Waals surface area (Å²) in [4.78, 5) is 18.1. The molecular formula is C13H22N2O4S. The summed E-state index contributed by atoms with van der Waals surface area (Å²) in [6.07, 6.45) is 0. The number of thiazole rings is 1. The maximum absolute atomic E-state index is 11.6. The summed E-state index contributed by atoms with van der Waals surface area (Å²) >= 11 is 1.42. The number of carbonyl (C=O) groups is 1. The Bertz CT molecular complexity index is 411. The lowest BCUT2D eigenvalue weighted by atomic mass is 10.3. The van der Waals surface area contributed by atoms with Crippen molar-refractivity contribution in [2.24, 2.45) is 0 Å². The molecule has 0 saturated heterocycles. The molecule has 0 fully saturated rings. The molecule has 20 heavy (non-hydrogen) atoms. The Labute approximate surface area is 123 Å². The molecule has 0 spiro atoms. The Kier molecular flexibility index (Phi) is 7.50. The van der Waals surface area contributed by atoms with E-state index in [9.17, 15) is 4.79 Å². The fourth-order valence-electron chi connectivity index (χ4n) is 1.72. The van der Waals surface area contributed by atoms with Crippen LogP contribution in [0.5, 0.6) is 0 Å². The topological polar surface area (TPSA) is 60.9 Å². The summed E-state index contributed by atoms with van der Waals surface area (Å²) in [6, 6.07) is 0.149. The van der Waals surface area contributed by atoms with Crippen molar-refractivity contribution in [1.29, 1.82) is 0 Å². The molecule has 0 aliphatic heterocycles. The van der Waals surface area contributed by atoms with Crippen molar-refractivity contribution in [3.63, 3.8) is 0 Å². The molecule has 7 heteroatoms. The lowest BCUT2D eigenvalue weighted by Crippen LogP contribution is -2.38. The highest BCUT2D eigenvalue weighted by Gasteiger charge is 2.20. The minimum Gasteiger partial charge on any atom is -0.461 e. The fourth-order valence-corrected chi connectivity index (χ4v) is 2.64. The van der Waals surface area contributed by atoms with Crippen LogP contribution >= 0.6 is 11.3 Å². The first-order valence-electron chi connectivity index (χ1n) is 6.51. The molecule has 0 saturated carbocycles. The van der Waals surface area contributed by atoms with Crippen molar-refractivity contribution in [2.75, 3.05) is 45.5 Å². The van der Waals surface area contributed by atoms with E-state index in [1.54, 1.807) is 26.5 Å². The number of nitrogens with zero attached hydrogens (tertiary/aromatic N) is 2. The van der Waals surface area contributed by atoms with Crippen LogP contribution in [0.1, 0.15) is 24.3 Å². The Balaban J connectivity index is 2.82. The molecule has 0 aromatic carbocycles. The first kappa shape index (κ1) is 16.9. The van der Waals surface area contributed by atoms with Gasteiger partial charge in [0, 0.05) is 26.1 Å². The van der Waals surface area contributed by atoms with Gasteiger partial charge in [0.1, 0.15) is 0 Å². The third-order valence-corrected chi connectivity index (χ3v) is 3.58. The average Bonchev–Trinajstić information content (AvgIpc) is 2.89. The van der Waals surface area contributed by atoms with Gasteiger partial charge in [-0.3, -0.25) is 0 Å². The summed E-state index contributed by atoms with van der Waals surface area (Å²) < 4.78 is 15.2. The number of hydrogen-bond donors (Lipinski definition) is 0. The summed E-state index contributed by atoms with van der Waals surface area (Å²) in [6.45, 7) is 6.03. The quantitative estimate of drug-likeness (QED) is 0.648. The smallest absolute Gasteiger partial charge is 0.357 e. The molecule has 0 radical (unpaired) electrons. The predicted octanol–water partition coefficient (Wildman–Crippen LogP) is 1.81. The van der Waals surface area contributed by atoms with Gasteiger partial charge in [0.2, 0.25) is 0 Å². The van der Waals surface area contributed by atoms with Crippen molar-refractivity contribution in [1.82, 2.24) is 4.98 Å². The van der Waals surface area contributed by atoms with Crippen LogP contribution in [0.25, 0.3) is 0 Å². The van der Waals surface area contributed by atoms with Crippen molar-refractivity contribution in [2.45, 2.75) is 19.9 Å². The number of esters is 1. The minimum absolute atomic E-state index is 0.149. The van der Waals surface area contributed by atoms with Crippen LogP contribution in [0.4, 0.5) is 5.13 Å². The molecule has 0 aliphatic carbocycles. The Hall–Kier alpha value is -1.18. The normalized spacial score (nSPS) is 12.2. The molecule has 1 atom stereocenters. The monoisotopic (exact) mass is 302 g/mol. The Morgan fingerprint density at radius 2 is 2.20 bits per heavy atom. The standard InChI is InChI=1S/C13H22N2O4S/c1-5-19-12(16)11-9-20-13(14-11)15(6-7-17-3)10(2)8-18-4/h9-10H,5-8H2,1-4H3. The van der Waals surface area contributed by atoms with Gasteiger partial charge < -0.3 is 19.1 Å². The van der Waals surface area contributed by atoms with Crippen LogP contribution in [0.2, 0.25) is 0 Å². The zero-order chi connectivity index (χ0) is 15.0. The lowest BCUT2D eigenvalue weighted by molar-refractivity contribution is 0.0520. The molecule has 0 bridgehead atoms. The summed E-state index contributed by atoms with van der Waals surface area (Å²) in [5.74, 6) is -0.388. The Morgan fingerprint density at radius 1 is 1.45 bits per heavy atom. The molecule has 1 rings (SSSR count). The van der Waals surface area contributed by atoms with E-state index in [4.69, 9.17) is 14.2 Å². The van der Waals surface area contributed by atoms with Gasteiger partial charge in [0.15, 0.2) is 10.8 Å². The van der Waals surface area contributed by atoms with E-state index in [0.717, 1.165) is 5.13 Å². The molecule has 1 heterocycles. The number of carbonyl (C=O) groups excluding carboxylic acids is 1. The van der Waals surface area contributed by atoms with E-state index in [-0.39, 0.29) is 12.0 Å². The van der Waals surface area contributed by atoms with Crippen LogP contribution in [0.3, 0.4) is 0 Å². The van der Waals surface area contributed by atoms with E-state index in [0.29, 0.717) is 32.1 Å². The maximum atomic E-state index is 11.6. The van der Waals surface area contributed by atoms with Gasteiger partial charge in [-0.1, -0.05) is 0 Å². The highest BCUT2D eigenvalue weighted by Crippen LogP contribution is 2.23. The summed E-state index contributed by atoms with van der Waals surface area (Å²) in [7, 11) is 3.32. The maximum Gasteiger partial charge on any atom is 0.357 e. The van der Waals surface area contributed by atoms with Gasteiger partial charge in [-0.05, 0) is 13.8 Å². The van der Waals surface area contributed by atoms with E-state index in [2.05, 4.69) is 9.88 Å². The molecule has 114 valence electrons. The molecular weight excluding hydrogens is 280 g/mol. The van der Waals surface area contributed by atoms with Crippen molar-refractivity contribution < 1.29 is 19.0 Å². The Morgan fingerprint density at radius 3 is 2.80 bits per heavy atom. The van der Waals surface area contributed by atoms with Crippen LogP contribution in [-0.2, 0) is 14.2 Å². The lowest BCUT2D eigenvalue weighted by Gasteiger charge is -2.28. The third-order valence-electron chi connectivity index (χ3n) is 2.70. The number of anilines is 1. The first-order chi connectivity index (χ1) is 9.63. The van der Waals surface area contributed by atoms with Crippen LogP contribution in [-0.4, -0.2) is 57.6 Å². The average molecular weight is 302 g/mol. The SMILES string of the molecule is CCOC(=O)c1csc(N(CCOC)C(C)COC)n1. The molecule has 0 aliphatic rings. The summed E-state index contributed by atoms with van der Waals surface area (Å²) in [5, 5.41) is 2.49. The van der Waals surface area contributed by atoms with Gasteiger partial charge in [0.25, 0.3) is 0 Å². The molecule has 1 aromatic rings. The number of rotatable bonds is 9. The van der Waals surface area contributed by atoms with E-state index in [1.807, 2.05) is 6.92 Å². The molecule has 1 aromatic heterocycles. The molecule has 1 unspecified atom stereocenters. The van der Waals surface area contributed by atoms with Gasteiger partial charge in [-0.25, -0.2) is 9.78 Å². The molecule has 0 amide bonds. The largest absolute Gasteiger partial charge is 0.461 e. The van der Waals surface area contributed by atoms with Crippen LogP contribution in [0, 0.1) is 0 Å². The van der Waals surface area contributed by atoms with Crippen molar-refractivity contribution in [3.05, 3.63) is 11.1 Å². The van der Waals surface area contributed by atoms with Crippen molar-refractivity contribution in [3.8, 4) is 0 Å². The van der Waals surface area contributed by atoms with Gasteiger partial charge >= 0.3 is 5.97 Å². The van der Waals surface area contributed by atoms with Gasteiger partial charge in [-0.2, -0.15) is 0 Å². The molecule has 0 N–H and O–H groups in total. The second-order valence-corrected chi connectivity index (χ2v) is 5.06. The number of ether oxygens (including phenoxy) is 3. The number of methoxy groups -OCH3 is 2. The highest BCUT2D eigenvalue weighted by molar-refractivity contribution is 7.13. The van der Waals surface area contributed by atoms with Gasteiger partial charge in [0.05, 0.1) is 25.9 Å². The second-order valence-electron chi connectivity index (χ2n) is 4.23. The third kappa shape index (κ3) is 4.73. The number of hydrogen-bond acceptors (Lipinski definition) is 7. The van der Waals surface area contributed by atoms with Crippen LogP contribution < -0.4 is 4.90 Å². The molecule has 6 nitrogen and oxygen atoms in total. The van der Waals surface area contributed by atoms with Gasteiger partial charge in [-0.15, -0.1) is 11.3 Å². The zero-order valence-corrected chi connectivity index (χ0v) is 13.2. The first-order valence-corrected chi connectivity index (χ1v) is 7.39. The fraction of sp³-hybridized carbons (Fsp3) is 0.692. The summed E-state index contributed by atoms with van der Waals surface area (Å²) in [5.41, 5.74) is 0.346. The second kappa shape index (κ2) is 8.89.